The molecule has 0 heterocycles. The van der Waals surface area contributed by atoms with Gasteiger partial charge < -0.3 is 10.5 Å². The number of hydrogen-bond acceptors (Lipinski definition) is 4. The lowest BCUT2D eigenvalue weighted by molar-refractivity contribution is -0.384. The highest BCUT2D eigenvalue weighted by atomic mass is 35.5. The van der Waals surface area contributed by atoms with Gasteiger partial charge in [-0.2, -0.15) is 0 Å². The van der Waals surface area contributed by atoms with E-state index in [1.165, 1.54) is 19.1 Å². The normalized spacial score (nSPS) is 11.9. The number of nitrogens with two attached hydrogens (primary N) is 1. The van der Waals surface area contributed by atoms with Crippen molar-refractivity contribution in [1.82, 2.24) is 0 Å². The lowest BCUT2D eigenvalue weighted by Gasteiger charge is -2.11. The van der Waals surface area contributed by atoms with Crippen molar-refractivity contribution in [3.63, 3.8) is 0 Å². The molecule has 7 heteroatoms. The van der Waals surface area contributed by atoms with E-state index in [0.717, 1.165) is 6.07 Å². The zero-order valence-corrected chi connectivity index (χ0v) is 9.10. The van der Waals surface area contributed by atoms with Crippen molar-refractivity contribution in [3.8, 4) is 5.75 Å². The van der Waals surface area contributed by atoms with Gasteiger partial charge >= 0.3 is 0 Å². The molecule has 1 rings (SSSR count). The number of primary amides is 1. The summed E-state index contributed by atoms with van der Waals surface area (Å²) in [6, 6.07) is 3.69. The highest BCUT2D eigenvalue weighted by Crippen LogP contribution is 2.29. The molecule has 2 N–H and O–H groups in total. The lowest BCUT2D eigenvalue weighted by atomic mass is 10.3. The molecule has 86 valence electrons. The Morgan fingerprint density at radius 2 is 2.25 bits per heavy atom. The second-order valence-electron chi connectivity index (χ2n) is 3.03. The third-order valence-corrected chi connectivity index (χ3v) is 2.13. The van der Waals surface area contributed by atoms with Gasteiger partial charge in [0, 0.05) is 12.1 Å². The molecule has 1 atom stereocenters. The zero-order chi connectivity index (χ0) is 12.3. The van der Waals surface area contributed by atoms with Crippen LogP contribution < -0.4 is 10.5 Å². The van der Waals surface area contributed by atoms with Gasteiger partial charge in [0.25, 0.3) is 11.6 Å². The van der Waals surface area contributed by atoms with Crippen LogP contribution in [-0.4, -0.2) is 16.9 Å². The van der Waals surface area contributed by atoms with E-state index in [-0.39, 0.29) is 16.5 Å². The summed E-state index contributed by atoms with van der Waals surface area (Å²) in [6.07, 6.45) is -0.848. The summed E-state index contributed by atoms with van der Waals surface area (Å²) in [5, 5.41) is 10.5. The van der Waals surface area contributed by atoms with Crippen molar-refractivity contribution in [2.45, 2.75) is 13.0 Å². The summed E-state index contributed by atoms with van der Waals surface area (Å²) in [7, 11) is 0. The predicted molar refractivity (Wildman–Crippen MR) is 57.4 cm³/mol. The van der Waals surface area contributed by atoms with E-state index in [4.69, 9.17) is 22.1 Å². The molecule has 16 heavy (non-hydrogen) atoms. The molecule has 0 aromatic heterocycles. The summed E-state index contributed by atoms with van der Waals surface area (Å²) < 4.78 is 5.11. The molecule has 0 saturated heterocycles. The first-order valence-electron chi connectivity index (χ1n) is 4.31. The molecule has 1 aromatic carbocycles. The zero-order valence-electron chi connectivity index (χ0n) is 8.34. The molecule has 1 amide bonds. The molecule has 6 nitrogen and oxygen atoms in total. The van der Waals surface area contributed by atoms with Crippen molar-refractivity contribution < 1.29 is 14.5 Å². The molecule has 0 radical (unpaired) electrons. The minimum Gasteiger partial charge on any atom is -0.479 e. The number of non-ortho nitro benzene ring substituents is 1. The maximum Gasteiger partial charge on any atom is 0.271 e. The van der Waals surface area contributed by atoms with E-state index in [9.17, 15) is 14.9 Å². The van der Waals surface area contributed by atoms with E-state index < -0.39 is 16.9 Å². The summed E-state index contributed by atoms with van der Waals surface area (Å²) in [6.45, 7) is 1.46. The van der Waals surface area contributed by atoms with Crippen LogP contribution in [0.2, 0.25) is 5.02 Å². The number of nitro groups is 1. The van der Waals surface area contributed by atoms with Crippen molar-refractivity contribution >= 4 is 23.2 Å². The molecular formula is C9H9ClN2O4. The van der Waals surface area contributed by atoms with Crippen LogP contribution in [0.3, 0.4) is 0 Å². The first-order valence-corrected chi connectivity index (χ1v) is 4.69. The first-order chi connectivity index (χ1) is 7.41. The van der Waals surface area contributed by atoms with Gasteiger partial charge in [-0.3, -0.25) is 14.9 Å². The third kappa shape index (κ3) is 2.83. The van der Waals surface area contributed by atoms with Crippen molar-refractivity contribution in [1.29, 1.82) is 0 Å². The van der Waals surface area contributed by atoms with Crippen molar-refractivity contribution in [2.24, 2.45) is 5.73 Å². The van der Waals surface area contributed by atoms with Crippen LogP contribution in [0.15, 0.2) is 18.2 Å². The van der Waals surface area contributed by atoms with E-state index in [0.29, 0.717) is 0 Å². The number of benzene rings is 1. The number of amides is 1. The monoisotopic (exact) mass is 244 g/mol. The topological polar surface area (TPSA) is 95.5 Å². The molecule has 0 bridgehead atoms. The summed E-state index contributed by atoms with van der Waals surface area (Å²) in [5.41, 5.74) is 4.85. The van der Waals surface area contributed by atoms with Gasteiger partial charge in [-0.05, 0) is 13.0 Å². The van der Waals surface area contributed by atoms with E-state index in [1.807, 2.05) is 0 Å². The van der Waals surface area contributed by atoms with Gasteiger partial charge in [-0.1, -0.05) is 11.6 Å². The van der Waals surface area contributed by atoms with Gasteiger partial charge in [0.2, 0.25) is 0 Å². The third-order valence-electron chi connectivity index (χ3n) is 1.83. The fraction of sp³-hybridized carbons (Fsp3) is 0.222. The van der Waals surface area contributed by atoms with Crippen LogP contribution in [0.4, 0.5) is 5.69 Å². The van der Waals surface area contributed by atoms with Gasteiger partial charge in [-0.25, -0.2) is 0 Å². The van der Waals surface area contributed by atoms with Gasteiger partial charge in [0.1, 0.15) is 5.75 Å². The summed E-state index contributed by atoms with van der Waals surface area (Å²) in [5.74, 6) is -0.465. The molecule has 1 aromatic rings. The summed E-state index contributed by atoms with van der Waals surface area (Å²) in [4.78, 5) is 20.6. The van der Waals surface area contributed by atoms with E-state index in [2.05, 4.69) is 0 Å². The lowest BCUT2D eigenvalue weighted by Crippen LogP contribution is -2.30. The number of nitrogens with zero attached hydrogens (tertiary/aromatic N) is 1. The number of carbonyl (C=O) groups excluding carboxylic acids is 1. The molecule has 0 aliphatic heterocycles. The smallest absolute Gasteiger partial charge is 0.271 e. The van der Waals surface area contributed by atoms with E-state index in [1.54, 1.807) is 0 Å². The predicted octanol–water partition coefficient (Wildman–Crippen LogP) is 1.50. The Balaban J connectivity index is 2.91. The minimum atomic E-state index is -0.848. The molecule has 0 aliphatic carbocycles. The Morgan fingerprint density at radius 3 is 2.69 bits per heavy atom. The number of hydrogen-bond donors (Lipinski definition) is 1. The van der Waals surface area contributed by atoms with Gasteiger partial charge in [0.05, 0.1) is 9.95 Å². The number of ether oxygens (including phenoxy) is 1. The van der Waals surface area contributed by atoms with Crippen LogP contribution >= 0.6 is 11.6 Å². The highest BCUT2D eigenvalue weighted by Gasteiger charge is 2.15. The molecule has 0 spiro atoms. The second-order valence-corrected chi connectivity index (χ2v) is 3.44. The van der Waals surface area contributed by atoms with Crippen molar-refractivity contribution in [3.05, 3.63) is 33.3 Å². The van der Waals surface area contributed by atoms with Crippen LogP contribution in [0.1, 0.15) is 6.92 Å². The van der Waals surface area contributed by atoms with Gasteiger partial charge in [0.15, 0.2) is 6.10 Å². The SMILES string of the molecule is CC(Oc1ccc([N+](=O)[O-])cc1Cl)C(N)=O. The fourth-order valence-electron chi connectivity index (χ4n) is 0.947. The van der Waals surface area contributed by atoms with Crippen molar-refractivity contribution in [2.75, 3.05) is 0 Å². The Bertz CT molecular complexity index is 436. The number of rotatable bonds is 4. The maximum atomic E-state index is 10.7. The highest BCUT2D eigenvalue weighted by molar-refractivity contribution is 6.32. The fourth-order valence-corrected chi connectivity index (χ4v) is 1.17. The van der Waals surface area contributed by atoms with Crippen LogP contribution in [0, 0.1) is 10.1 Å². The van der Waals surface area contributed by atoms with Gasteiger partial charge in [-0.15, -0.1) is 0 Å². The molecule has 0 aliphatic rings. The largest absolute Gasteiger partial charge is 0.479 e. The van der Waals surface area contributed by atoms with E-state index >= 15 is 0 Å². The van der Waals surface area contributed by atoms with Crippen LogP contribution in [0.25, 0.3) is 0 Å². The molecule has 0 fully saturated rings. The van der Waals surface area contributed by atoms with Crippen LogP contribution in [-0.2, 0) is 4.79 Å². The quantitative estimate of drug-likeness (QED) is 0.641. The molecule has 0 saturated carbocycles. The average Bonchev–Trinajstić information content (AvgIpc) is 2.20. The Labute approximate surface area is 96.1 Å². The second kappa shape index (κ2) is 4.80. The number of halogens is 1. The Hall–Kier alpha value is -1.82. The minimum absolute atomic E-state index is 0.0577. The number of carbonyl (C=O) groups is 1. The maximum absolute atomic E-state index is 10.7. The first kappa shape index (κ1) is 12.3. The standard InChI is InChI=1S/C9H9ClN2O4/c1-5(9(11)13)16-8-3-2-6(12(14)15)4-7(8)10/h2-5H,1H3,(H2,11,13). The Morgan fingerprint density at radius 1 is 1.62 bits per heavy atom. The Kier molecular flexibility index (Phi) is 3.68. The number of nitro benzene ring substituents is 1. The van der Waals surface area contributed by atoms with Crippen LogP contribution in [0.5, 0.6) is 5.75 Å². The average molecular weight is 245 g/mol. The molecular weight excluding hydrogens is 236 g/mol. The molecule has 1 unspecified atom stereocenters. The summed E-state index contributed by atoms with van der Waals surface area (Å²) >= 11 is 5.74.